The maximum atomic E-state index is 12.3. The highest BCUT2D eigenvalue weighted by molar-refractivity contribution is 9.10. The van der Waals surface area contributed by atoms with Crippen LogP contribution in [-0.4, -0.2) is 15.7 Å². The Balaban J connectivity index is 2.58. The van der Waals surface area contributed by atoms with Crippen molar-refractivity contribution in [3.05, 3.63) is 22.7 Å². The van der Waals surface area contributed by atoms with E-state index in [-0.39, 0.29) is 5.95 Å². The lowest BCUT2D eigenvalue weighted by atomic mass is 10.3. The van der Waals surface area contributed by atoms with Crippen LogP contribution in [0, 0.1) is 0 Å². The van der Waals surface area contributed by atoms with Gasteiger partial charge in [0.05, 0.1) is 11.0 Å². The second-order valence-electron chi connectivity index (χ2n) is 3.30. The maximum Gasteiger partial charge on any atom is 0.406 e. The van der Waals surface area contributed by atoms with Crippen LogP contribution in [0.15, 0.2) is 22.7 Å². The number of imidazole rings is 1. The number of fused-ring (bicyclic) bond motifs is 1. The fraction of sp³-hybridized carbons (Fsp3) is 0.222. The molecule has 0 aliphatic carbocycles. The van der Waals surface area contributed by atoms with Crippen molar-refractivity contribution in [2.45, 2.75) is 12.7 Å². The van der Waals surface area contributed by atoms with Gasteiger partial charge in [0, 0.05) is 4.47 Å². The first-order valence-corrected chi connectivity index (χ1v) is 5.14. The molecule has 3 nitrogen and oxygen atoms in total. The van der Waals surface area contributed by atoms with Gasteiger partial charge < -0.3 is 10.3 Å². The van der Waals surface area contributed by atoms with Gasteiger partial charge >= 0.3 is 6.18 Å². The first kappa shape index (κ1) is 11.3. The maximum absolute atomic E-state index is 12.3. The summed E-state index contributed by atoms with van der Waals surface area (Å²) in [6.07, 6.45) is -4.32. The van der Waals surface area contributed by atoms with Crippen LogP contribution in [0.2, 0.25) is 0 Å². The zero-order chi connectivity index (χ0) is 11.9. The van der Waals surface area contributed by atoms with Crippen LogP contribution in [0.4, 0.5) is 19.1 Å². The van der Waals surface area contributed by atoms with Gasteiger partial charge in [-0.25, -0.2) is 4.98 Å². The molecule has 86 valence electrons. The van der Waals surface area contributed by atoms with Gasteiger partial charge in [0.15, 0.2) is 0 Å². The summed E-state index contributed by atoms with van der Waals surface area (Å²) in [5.41, 5.74) is 6.26. The molecule has 0 aliphatic heterocycles. The van der Waals surface area contributed by atoms with Crippen molar-refractivity contribution >= 4 is 32.9 Å². The Morgan fingerprint density at radius 1 is 1.38 bits per heavy atom. The first-order chi connectivity index (χ1) is 7.37. The molecule has 0 atom stereocenters. The molecule has 0 radical (unpaired) electrons. The normalized spacial score (nSPS) is 12.2. The Labute approximate surface area is 97.2 Å². The minimum atomic E-state index is -4.32. The summed E-state index contributed by atoms with van der Waals surface area (Å²) < 4.78 is 38.6. The molecular weight excluding hydrogens is 287 g/mol. The van der Waals surface area contributed by atoms with Crippen LogP contribution in [-0.2, 0) is 6.54 Å². The molecule has 0 aliphatic rings. The number of hydrogen-bond donors (Lipinski definition) is 1. The number of halogens is 4. The molecule has 0 bridgehead atoms. The number of nitrogens with two attached hydrogens (primary N) is 1. The molecule has 1 heterocycles. The largest absolute Gasteiger partial charge is 0.406 e. The molecule has 7 heteroatoms. The van der Waals surface area contributed by atoms with Crippen LogP contribution in [0.5, 0.6) is 0 Å². The summed E-state index contributed by atoms with van der Waals surface area (Å²) in [5, 5.41) is 0. The van der Waals surface area contributed by atoms with E-state index in [1.165, 1.54) is 0 Å². The summed E-state index contributed by atoms with van der Waals surface area (Å²) in [6.45, 7) is -1.13. The van der Waals surface area contributed by atoms with E-state index in [0.29, 0.717) is 15.5 Å². The molecule has 0 saturated carbocycles. The number of aromatic nitrogens is 2. The third-order valence-electron chi connectivity index (χ3n) is 2.08. The lowest BCUT2D eigenvalue weighted by Gasteiger charge is -2.09. The van der Waals surface area contributed by atoms with Crippen molar-refractivity contribution in [1.82, 2.24) is 9.55 Å². The fourth-order valence-electron chi connectivity index (χ4n) is 1.46. The Bertz CT molecular complexity index is 533. The summed E-state index contributed by atoms with van der Waals surface area (Å²) in [7, 11) is 0. The smallest absolute Gasteiger partial charge is 0.369 e. The molecule has 0 amide bonds. The van der Waals surface area contributed by atoms with Gasteiger partial charge in [-0.15, -0.1) is 0 Å². The molecule has 0 unspecified atom stereocenters. The molecule has 2 N–H and O–H groups in total. The van der Waals surface area contributed by atoms with Gasteiger partial charge in [0.2, 0.25) is 5.95 Å². The molecular formula is C9H7BrF3N3. The minimum absolute atomic E-state index is 0.134. The molecule has 1 aromatic carbocycles. The summed E-state index contributed by atoms with van der Waals surface area (Å²) >= 11 is 3.19. The number of alkyl halides is 3. The van der Waals surface area contributed by atoms with Crippen LogP contribution >= 0.6 is 15.9 Å². The molecule has 0 spiro atoms. The molecule has 2 aromatic rings. The second kappa shape index (κ2) is 3.65. The average molecular weight is 294 g/mol. The van der Waals surface area contributed by atoms with Crippen molar-refractivity contribution in [3.8, 4) is 0 Å². The molecule has 0 fully saturated rings. The molecule has 0 saturated heterocycles. The van der Waals surface area contributed by atoms with Crippen molar-refractivity contribution in [3.63, 3.8) is 0 Å². The van der Waals surface area contributed by atoms with Gasteiger partial charge in [-0.1, -0.05) is 15.9 Å². The van der Waals surface area contributed by atoms with E-state index in [9.17, 15) is 13.2 Å². The first-order valence-electron chi connectivity index (χ1n) is 4.35. The summed E-state index contributed by atoms with van der Waals surface area (Å²) in [6, 6.07) is 4.87. The number of nitrogen functional groups attached to an aromatic ring is 1. The highest BCUT2D eigenvalue weighted by Crippen LogP contribution is 2.26. The van der Waals surface area contributed by atoms with Crippen LogP contribution in [0.3, 0.4) is 0 Å². The van der Waals surface area contributed by atoms with Crippen molar-refractivity contribution in [2.75, 3.05) is 5.73 Å². The van der Waals surface area contributed by atoms with Gasteiger partial charge in [-0.05, 0) is 18.2 Å². The van der Waals surface area contributed by atoms with Crippen LogP contribution in [0.25, 0.3) is 11.0 Å². The second-order valence-corrected chi connectivity index (χ2v) is 4.22. The Kier molecular flexibility index (Phi) is 2.57. The van der Waals surface area contributed by atoms with E-state index in [0.717, 1.165) is 4.57 Å². The van der Waals surface area contributed by atoms with Crippen molar-refractivity contribution < 1.29 is 13.2 Å². The third kappa shape index (κ3) is 2.13. The van der Waals surface area contributed by atoms with E-state index in [1.54, 1.807) is 18.2 Å². The number of nitrogens with zero attached hydrogens (tertiary/aromatic N) is 2. The summed E-state index contributed by atoms with van der Waals surface area (Å²) in [5.74, 6) is -0.134. The molecule has 2 rings (SSSR count). The van der Waals surface area contributed by atoms with E-state index >= 15 is 0 Å². The molecule has 16 heavy (non-hydrogen) atoms. The monoisotopic (exact) mass is 293 g/mol. The predicted octanol–water partition coefficient (Wildman–Crippen LogP) is 2.94. The Hall–Kier alpha value is -1.24. The number of hydrogen-bond acceptors (Lipinski definition) is 2. The lowest BCUT2D eigenvalue weighted by molar-refractivity contribution is -0.139. The third-order valence-corrected chi connectivity index (χ3v) is 2.57. The van der Waals surface area contributed by atoms with Gasteiger partial charge in [-0.3, -0.25) is 0 Å². The average Bonchev–Trinajstić information content (AvgIpc) is 2.42. The predicted molar refractivity (Wildman–Crippen MR) is 57.9 cm³/mol. The van der Waals surface area contributed by atoms with E-state index in [1.807, 2.05) is 0 Å². The minimum Gasteiger partial charge on any atom is -0.369 e. The van der Waals surface area contributed by atoms with Crippen LogP contribution in [0.1, 0.15) is 0 Å². The fourth-order valence-corrected chi connectivity index (χ4v) is 1.81. The highest BCUT2D eigenvalue weighted by atomic mass is 79.9. The van der Waals surface area contributed by atoms with E-state index in [2.05, 4.69) is 20.9 Å². The van der Waals surface area contributed by atoms with E-state index < -0.39 is 12.7 Å². The van der Waals surface area contributed by atoms with Gasteiger partial charge in [0.25, 0.3) is 0 Å². The zero-order valence-corrected chi connectivity index (χ0v) is 9.51. The standard InChI is InChI=1S/C9H7BrF3N3/c10-5-1-2-6-7(3-5)16(8(14)15-6)4-9(11,12)13/h1-3H,4H2,(H2,14,15). The SMILES string of the molecule is Nc1nc2ccc(Br)cc2n1CC(F)(F)F. The quantitative estimate of drug-likeness (QED) is 0.878. The van der Waals surface area contributed by atoms with Crippen molar-refractivity contribution in [1.29, 1.82) is 0 Å². The Morgan fingerprint density at radius 2 is 2.06 bits per heavy atom. The van der Waals surface area contributed by atoms with Gasteiger partial charge in [-0.2, -0.15) is 13.2 Å². The highest BCUT2D eigenvalue weighted by Gasteiger charge is 2.29. The Morgan fingerprint density at radius 3 is 2.69 bits per heavy atom. The molecule has 1 aromatic heterocycles. The number of benzene rings is 1. The number of anilines is 1. The lowest BCUT2D eigenvalue weighted by Crippen LogP contribution is -2.19. The van der Waals surface area contributed by atoms with Crippen molar-refractivity contribution in [2.24, 2.45) is 0 Å². The van der Waals surface area contributed by atoms with Crippen LogP contribution < -0.4 is 5.73 Å². The number of rotatable bonds is 1. The van der Waals surface area contributed by atoms with Gasteiger partial charge in [0.1, 0.15) is 6.54 Å². The topological polar surface area (TPSA) is 43.8 Å². The zero-order valence-electron chi connectivity index (χ0n) is 7.92. The summed E-state index contributed by atoms with van der Waals surface area (Å²) in [4.78, 5) is 3.86. The van der Waals surface area contributed by atoms with E-state index in [4.69, 9.17) is 5.73 Å².